The van der Waals surface area contributed by atoms with Crippen LogP contribution in [0.2, 0.25) is 0 Å². The fraction of sp³-hybridized carbons (Fsp3) is 0.833. The van der Waals surface area contributed by atoms with Crippen molar-refractivity contribution in [3.63, 3.8) is 0 Å². The SMILES string of the molecule is C1CCCC(c2noc(C3CNC3)n2)CC1. The Morgan fingerprint density at radius 2 is 1.75 bits per heavy atom. The predicted octanol–water partition coefficient (Wildman–Crippen LogP) is 2.19. The average molecular weight is 221 g/mol. The van der Waals surface area contributed by atoms with Crippen LogP contribution in [0, 0.1) is 0 Å². The lowest BCUT2D eigenvalue weighted by atomic mass is 9.99. The molecule has 0 unspecified atom stereocenters. The van der Waals surface area contributed by atoms with Gasteiger partial charge in [-0.3, -0.25) is 0 Å². The third kappa shape index (κ3) is 1.98. The van der Waals surface area contributed by atoms with Gasteiger partial charge >= 0.3 is 0 Å². The van der Waals surface area contributed by atoms with Crippen LogP contribution in [0.4, 0.5) is 0 Å². The molecule has 1 saturated carbocycles. The number of nitrogens with zero attached hydrogens (tertiary/aromatic N) is 2. The number of aromatic nitrogens is 2. The zero-order chi connectivity index (χ0) is 10.8. The molecule has 3 rings (SSSR count). The highest BCUT2D eigenvalue weighted by Gasteiger charge is 2.27. The minimum atomic E-state index is 0.465. The van der Waals surface area contributed by atoms with E-state index in [1.807, 2.05) is 0 Å². The van der Waals surface area contributed by atoms with Crippen LogP contribution in [-0.2, 0) is 0 Å². The number of rotatable bonds is 2. The first-order valence-electron chi connectivity index (χ1n) is 6.47. The Morgan fingerprint density at radius 1 is 1.00 bits per heavy atom. The van der Waals surface area contributed by atoms with Gasteiger partial charge in [-0.15, -0.1) is 0 Å². The standard InChI is InChI=1S/C12H19N3O/c1-2-4-6-9(5-3-1)11-14-12(16-15-11)10-7-13-8-10/h9-10,13H,1-8H2. The largest absolute Gasteiger partial charge is 0.339 e. The first kappa shape index (κ1) is 10.3. The summed E-state index contributed by atoms with van der Waals surface area (Å²) in [5.41, 5.74) is 0. The van der Waals surface area contributed by atoms with Crippen LogP contribution in [0.25, 0.3) is 0 Å². The van der Waals surface area contributed by atoms with E-state index in [0.717, 1.165) is 24.8 Å². The van der Waals surface area contributed by atoms with Gasteiger partial charge in [0.05, 0.1) is 5.92 Å². The molecule has 2 heterocycles. The van der Waals surface area contributed by atoms with E-state index in [1.54, 1.807) is 0 Å². The Labute approximate surface area is 95.8 Å². The highest BCUT2D eigenvalue weighted by molar-refractivity contribution is 5.03. The van der Waals surface area contributed by atoms with Gasteiger partial charge in [-0.1, -0.05) is 30.8 Å². The van der Waals surface area contributed by atoms with Gasteiger partial charge < -0.3 is 9.84 Å². The zero-order valence-corrected chi connectivity index (χ0v) is 9.61. The van der Waals surface area contributed by atoms with E-state index in [9.17, 15) is 0 Å². The molecule has 2 aliphatic rings. The van der Waals surface area contributed by atoms with Gasteiger partial charge in [0.15, 0.2) is 5.82 Å². The Kier molecular flexibility index (Phi) is 2.91. The minimum Gasteiger partial charge on any atom is -0.339 e. The molecule has 0 bridgehead atoms. The summed E-state index contributed by atoms with van der Waals surface area (Å²) in [5.74, 6) is 2.82. The van der Waals surface area contributed by atoms with E-state index in [4.69, 9.17) is 4.52 Å². The lowest BCUT2D eigenvalue weighted by Crippen LogP contribution is -2.40. The Morgan fingerprint density at radius 3 is 2.38 bits per heavy atom. The maximum absolute atomic E-state index is 5.36. The van der Waals surface area contributed by atoms with E-state index < -0.39 is 0 Å². The van der Waals surface area contributed by atoms with Crippen molar-refractivity contribution in [1.82, 2.24) is 15.5 Å². The van der Waals surface area contributed by atoms with Crippen molar-refractivity contribution in [2.75, 3.05) is 13.1 Å². The molecule has 0 radical (unpaired) electrons. The first-order valence-corrected chi connectivity index (χ1v) is 6.47. The summed E-state index contributed by atoms with van der Waals surface area (Å²) in [4.78, 5) is 4.58. The van der Waals surface area contributed by atoms with E-state index in [0.29, 0.717) is 11.8 Å². The summed E-state index contributed by atoms with van der Waals surface area (Å²) in [6.07, 6.45) is 7.85. The van der Waals surface area contributed by atoms with Crippen LogP contribution in [0.1, 0.15) is 62.1 Å². The van der Waals surface area contributed by atoms with Gasteiger partial charge in [-0.25, -0.2) is 0 Å². The van der Waals surface area contributed by atoms with Gasteiger partial charge in [0.25, 0.3) is 0 Å². The van der Waals surface area contributed by atoms with Crippen molar-refractivity contribution < 1.29 is 4.52 Å². The predicted molar refractivity (Wildman–Crippen MR) is 60.4 cm³/mol. The Hall–Kier alpha value is -0.900. The fourth-order valence-electron chi connectivity index (χ4n) is 2.58. The summed E-state index contributed by atoms with van der Waals surface area (Å²) in [7, 11) is 0. The quantitative estimate of drug-likeness (QED) is 0.778. The average Bonchev–Trinajstić information content (AvgIpc) is 2.52. The molecule has 1 aromatic rings. The Balaban J connectivity index is 1.70. The molecule has 0 spiro atoms. The van der Waals surface area contributed by atoms with Crippen molar-refractivity contribution in [1.29, 1.82) is 0 Å². The van der Waals surface area contributed by atoms with Crippen LogP contribution in [0.5, 0.6) is 0 Å². The number of nitrogens with one attached hydrogen (secondary N) is 1. The third-order valence-corrected chi connectivity index (χ3v) is 3.81. The molecule has 0 atom stereocenters. The van der Waals surface area contributed by atoms with Crippen molar-refractivity contribution in [3.05, 3.63) is 11.7 Å². The lowest BCUT2D eigenvalue weighted by Gasteiger charge is -2.22. The molecule has 1 aliphatic carbocycles. The van der Waals surface area contributed by atoms with Crippen molar-refractivity contribution >= 4 is 0 Å². The second kappa shape index (κ2) is 4.53. The molecule has 1 N–H and O–H groups in total. The van der Waals surface area contributed by atoms with Gasteiger partial charge in [0.1, 0.15) is 0 Å². The summed E-state index contributed by atoms with van der Waals surface area (Å²) in [6.45, 7) is 1.98. The topological polar surface area (TPSA) is 51.0 Å². The summed E-state index contributed by atoms with van der Waals surface area (Å²) in [5, 5.41) is 7.40. The molecule has 1 aliphatic heterocycles. The second-order valence-corrected chi connectivity index (χ2v) is 5.03. The summed E-state index contributed by atoms with van der Waals surface area (Å²) >= 11 is 0. The molecule has 2 fully saturated rings. The van der Waals surface area contributed by atoms with Crippen LogP contribution < -0.4 is 5.32 Å². The molecule has 0 amide bonds. The molecule has 4 heteroatoms. The molecule has 1 aromatic heterocycles. The normalized spacial score (nSPS) is 24.0. The summed E-state index contributed by atoms with van der Waals surface area (Å²) in [6, 6.07) is 0. The van der Waals surface area contributed by atoms with Crippen molar-refractivity contribution in [2.45, 2.75) is 50.4 Å². The van der Waals surface area contributed by atoms with Crippen LogP contribution in [0.15, 0.2) is 4.52 Å². The van der Waals surface area contributed by atoms with E-state index >= 15 is 0 Å². The highest BCUT2D eigenvalue weighted by atomic mass is 16.5. The van der Waals surface area contributed by atoms with Gasteiger partial charge in [0, 0.05) is 19.0 Å². The molecule has 0 aromatic carbocycles. The molecule has 16 heavy (non-hydrogen) atoms. The molecule has 88 valence electrons. The van der Waals surface area contributed by atoms with E-state index in [2.05, 4.69) is 15.5 Å². The maximum Gasteiger partial charge on any atom is 0.232 e. The Bertz CT molecular complexity index is 338. The zero-order valence-electron chi connectivity index (χ0n) is 9.61. The first-order chi connectivity index (χ1) is 7.93. The second-order valence-electron chi connectivity index (χ2n) is 5.03. The van der Waals surface area contributed by atoms with Gasteiger partial charge in [0.2, 0.25) is 5.89 Å². The lowest BCUT2D eigenvalue weighted by molar-refractivity contribution is 0.304. The number of hydrogen-bond acceptors (Lipinski definition) is 4. The van der Waals surface area contributed by atoms with E-state index in [1.165, 1.54) is 38.5 Å². The monoisotopic (exact) mass is 221 g/mol. The third-order valence-electron chi connectivity index (χ3n) is 3.81. The maximum atomic E-state index is 5.36. The molecular weight excluding hydrogens is 202 g/mol. The van der Waals surface area contributed by atoms with Crippen LogP contribution in [-0.4, -0.2) is 23.2 Å². The molecule has 1 saturated heterocycles. The molecular formula is C12H19N3O. The molecule has 4 nitrogen and oxygen atoms in total. The van der Waals surface area contributed by atoms with Crippen molar-refractivity contribution in [2.24, 2.45) is 0 Å². The smallest absolute Gasteiger partial charge is 0.232 e. The highest BCUT2D eigenvalue weighted by Crippen LogP contribution is 2.30. The van der Waals surface area contributed by atoms with Crippen molar-refractivity contribution in [3.8, 4) is 0 Å². The summed E-state index contributed by atoms with van der Waals surface area (Å²) < 4.78 is 5.36. The van der Waals surface area contributed by atoms with Crippen LogP contribution in [0.3, 0.4) is 0 Å². The van der Waals surface area contributed by atoms with Crippen LogP contribution >= 0.6 is 0 Å². The fourth-order valence-corrected chi connectivity index (χ4v) is 2.58. The number of hydrogen-bond donors (Lipinski definition) is 1. The van der Waals surface area contributed by atoms with E-state index in [-0.39, 0.29) is 0 Å². The minimum absolute atomic E-state index is 0.465. The van der Waals surface area contributed by atoms with Gasteiger partial charge in [-0.05, 0) is 12.8 Å². The van der Waals surface area contributed by atoms with Gasteiger partial charge in [-0.2, -0.15) is 4.98 Å².